The minimum Gasteiger partial charge on any atom is -0.423 e. The molecule has 2 aromatic heterocycles. The van der Waals surface area contributed by atoms with Gasteiger partial charge in [-0.15, -0.1) is 0 Å². The van der Waals surface area contributed by atoms with Crippen LogP contribution in [0.1, 0.15) is 64.9 Å². The van der Waals surface area contributed by atoms with Gasteiger partial charge < -0.3 is 18.9 Å². The first-order valence-corrected chi connectivity index (χ1v) is 18.1. The van der Waals surface area contributed by atoms with Gasteiger partial charge in [0, 0.05) is 34.7 Å². The Kier molecular flexibility index (Phi) is 12.3. The maximum Gasteiger partial charge on any atom is 0.490 e. The molecular formula is C24H42BBrN2O4Si2. The Labute approximate surface area is 218 Å². The molecule has 0 fully saturated rings. The maximum atomic E-state index is 9.20. The van der Waals surface area contributed by atoms with Gasteiger partial charge >= 0.3 is 7.12 Å². The van der Waals surface area contributed by atoms with Crippen LogP contribution in [0, 0.1) is 10.8 Å². The van der Waals surface area contributed by atoms with E-state index in [1.165, 1.54) is 6.20 Å². The third-order valence-corrected chi connectivity index (χ3v) is 6.87. The molecule has 0 radical (unpaired) electrons. The predicted molar refractivity (Wildman–Crippen MR) is 150 cm³/mol. The Balaban J connectivity index is 0.000000342. The number of rotatable bonds is 7. The van der Waals surface area contributed by atoms with E-state index in [1.807, 2.05) is 6.20 Å². The normalized spacial score (nSPS) is 14.0. The number of hydrogen-bond acceptors (Lipinski definition) is 6. The van der Waals surface area contributed by atoms with Crippen LogP contribution < -0.4 is 5.46 Å². The van der Waals surface area contributed by atoms with Crippen LogP contribution in [0.15, 0.2) is 41.4 Å². The van der Waals surface area contributed by atoms with E-state index in [2.05, 4.69) is 99.7 Å². The van der Waals surface area contributed by atoms with E-state index >= 15 is 0 Å². The van der Waals surface area contributed by atoms with Crippen LogP contribution in [-0.2, 0) is 8.85 Å². The molecule has 0 aliphatic rings. The van der Waals surface area contributed by atoms with Crippen molar-refractivity contribution in [2.45, 2.75) is 79.9 Å². The van der Waals surface area contributed by atoms with E-state index < -0.39 is 25.2 Å². The summed E-state index contributed by atoms with van der Waals surface area (Å²) in [5.41, 5.74) is 2.49. The topological polar surface area (TPSA) is 84.7 Å². The van der Waals surface area contributed by atoms with Crippen molar-refractivity contribution in [1.82, 2.24) is 9.97 Å². The van der Waals surface area contributed by atoms with Gasteiger partial charge in [-0.25, -0.2) is 0 Å². The van der Waals surface area contributed by atoms with Crippen molar-refractivity contribution < 1.29 is 18.9 Å². The van der Waals surface area contributed by atoms with Gasteiger partial charge in [-0.1, -0.05) is 47.6 Å². The highest BCUT2D eigenvalue weighted by Crippen LogP contribution is 2.37. The first-order valence-electron chi connectivity index (χ1n) is 11.7. The van der Waals surface area contributed by atoms with Crippen LogP contribution in [0.4, 0.5) is 0 Å². The summed E-state index contributed by atoms with van der Waals surface area (Å²) in [6.07, 6.45) is 6.95. The zero-order chi connectivity index (χ0) is 26.3. The Bertz CT molecular complexity index is 890. The summed E-state index contributed by atoms with van der Waals surface area (Å²) in [6, 6.07) is 3.85. The van der Waals surface area contributed by atoms with Gasteiger partial charge in [0.1, 0.15) is 0 Å². The molecule has 0 saturated carbocycles. The molecule has 0 amide bonds. The van der Waals surface area contributed by atoms with Gasteiger partial charge in [0.05, 0.1) is 12.2 Å². The molecule has 0 bridgehead atoms. The zero-order valence-electron chi connectivity index (χ0n) is 22.3. The molecule has 0 saturated heterocycles. The molecule has 0 aromatic carbocycles. The lowest BCUT2D eigenvalue weighted by Gasteiger charge is -2.33. The lowest BCUT2D eigenvalue weighted by molar-refractivity contribution is 0.0862. The van der Waals surface area contributed by atoms with Gasteiger partial charge in [0.2, 0.25) is 0 Å². The molecule has 0 aliphatic heterocycles. The van der Waals surface area contributed by atoms with Gasteiger partial charge in [-0.2, -0.15) is 0 Å². The largest absolute Gasteiger partial charge is 0.490 e. The molecule has 34 heavy (non-hydrogen) atoms. The highest BCUT2D eigenvalue weighted by molar-refractivity contribution is 9.10. The summed E-state index contributed by atoms with van der Waals surface area (Å²) in [5.74, 6) is 0. The van der Waals surface area contributed by atoms with E-state index in [0.29, 0.717) is 5.46 Å². The molecule has 0 aliphatic carbocycles. The van der Waals surface area contributed by atoms with Crippen molar-refractivity contribution in [3.63, 3.8) is 0 Å². The SMILES string of the molecule is C[SiH](C)OC(c1cncc(B(O)O)c1)C(C)(C)C.C[SiH](C)OC(c1cncc(Br)c1)C(C)(C)C. The fourth-order valence-electron chi connectivity index (χ4n) is 3.44. The highest BCUT2D eigenvalue weighted by atomic mass is 79.9. The van der Waals surface area contributed by atoms with Crippen molar-refractivity contribution in [2.75, 3.05) is 0 Å². The molecule has 6 nitrogen and oxygen atoms in total. The molecule has 0 spiro atoms. The predicted octanol–water partition coefficient (Wildman–Crippen LogP) is 4.78. The smallest absolute Gasteiger partial charge is 0.423 e. The maximum absolute atomic E-state index is 9.20. The average Bonchev–Trinajstić information content (AvgIpc) is 2.69. The van der Waals surface area contributed by atoms with Crippen molar-refractivity contribution in [3.05, 3.63) is 52.5 Å². The van der Waals surface area contributed by atoms with E-state index in [4.69, 9.17) is 8.85 Å². The molecule has 10 heteroatoms. The quantitative estimate of drug-likeness (QED) is 0.467. The van der Waals surface area contributed by atoms with Crippen molar-refractivity contribution in [1.29, 1.82) is 0 Å². The van der Waals surface area contributed by atoms with Crippen LogP contribution in [-0.4, -0.2) is 45.2 Å². The lowest BCUT2D eigenvalue weighted by Crippen LogP contribution is -2.32. The highest BCUT2D eigenvalue weighted by Gasteiger charge is 2.29. The molecule has 2 aromatic rings. The Morgan fingerprint density at radius 1 is 0.765 bits per heavy atom. The van der Waals surface area contributed by atoms with E-state index in [0.717, 1.165) is 15.6 Å². The van der Waals surface area contributed by atoms with Crippen molar-refractivity contribution in [3.8, 4) is 0 Å². The Hall–Kier alpha value is -0.881. The first-order chi connectivity index (χ1) is 15.5. The zero-order valence-corrected chi connectivity index (χ0v) is 26.2. The third-order valence-electron chi connectivity index (χ3n) is 4.80. The summed E-state index contributed by atoms with van der Waals surface area (Å²) < 4.78 is 13.2. The van der Waals surface area contributed by atoms with E-state index in [9.17, 15) is 10.0 Å². The number of halogens is 1. The van der Waals surface area contributed by atoms with E-state index in [-0.39, 0.29) is 23.0 Å². The van der Waals surface area contributed by atoms with Gasteiger partial charge in [-0.05, 0) is 70.1 Å². The average molecular weight is 569 g/mol. The fourth-order valence-corrected chi connectivity index (χ4v) is 6.04. The van der Waals surface area contributed by atoms with Crippen LogP contribution in [0.2, 0.25) is 26.2 Å². The molecule has 2 N–H and O–H groups in total. The Morgan fingerprint density at radius 3 is 1.53 bits per heavy atom. The second kappa shape index (κ2) is 13.4. The van der Waals surface area contributed by atoms with Gasteiger partial charge in [0.25, 0.3) is 0 Å². The minimum atomic E-state index is -1.49. The van der Waals surface area contributed by atoms with Crippen LogP contribution >= 0.6 is 15.9 Å². The van der Waals surface area contributed by atoms with Gasteiger partial charge in [0.15, 0.2) is 18.1 Å². The first kappa shape index (κ1) is 31.1. The molecule has 2 atom stereocenters. The number of nitrogens with zero attached hydrogens (tertiary/aromatic N) is 2. The van der Waals surface area contributed by atoms with Crippen LogP contribution in [0.5, 0.6) is 0 Å². The summed E-state index contributed by atoms with van der Waals surface area (Å²) >= 11 is 3.46. The molecule has 2 heterocycles. The standard InChI is InChI=1S/C12H22BNO3Si.C12H20BrNOSi/c1-12(2,3)11(17-18(4)5)9-6-10(13(15)16)8-14-7-9;1-12(2,3)11(15-16(4)5)9-6-10(13)8-14-7-9/h6-8,11,15-16,18H,1-5H3;6-8,11,16H,1-5H3. The van der Waals surface area contributed by atoms with Gasteiger partial charge in [-0.3, -0.25) is 9.97 Å². The fraction of sp³-hybridized carbons (Fsp3) is 0.583. The monoisotopic (exact) mass is 568 g/mol. The molecule has 2 rings (SSSR count). The molecule has 2 unspecified atom stereocenters. The summed E-state index contributed by atoms with van der Waals surface area (Å²) in [4.78, 5) is 8.28. The minimum absolute atomic E-state index is 0.0576. The van der Waals surface area contributed by atoms with Crippen molar-refractivity contribution in [2.24, 2.45) is 10.8 Å². The van der Waals surface area contributed by atoms with Crippen LogP contribution in [0.3, 0.4) is 0 Å². The number of hydrogen-bond donors (Lipinski definition) is 2. The molecule has 190 valence electrons. The summed E-state index contributed by atoms with van der Waals surface area (Å²) in [5, 5.41) is 18.4. The Morgan fingerprint density at radius 2 is 1.18 bits per heavy atom. The summed E-state index contributed by atoms with van der Waals surface area (Å²) in [6.45, 7) is 21.6. The molecular weight excluding hydrogens is 527 g/mol. The van der Waals surface area contributed by atoms with Crippen molar-refractivity contribution >= 4 is 46.6 Å². The lowest BCUT2D eigenvalue weighted by atomic mass is 9.78. The number of aromatic nitrogens is 2. The second-order valence-corrected chi connectivity index (χ2v) is 16.9. The second-order valence-electron chi connectivity index (χ2n) is 11.2. The van der Waals surface area contributed by atoms with E-state index in [1.54, 1.807) is 18.5 Å². The summed E-state index contributed by atoms with van der Waals surface area (Å²) in [7, 11) is -3.74. The third kappa shape index (κ3) is 10.8. The number of pyridine rings is 2. The van der Waals surface area contributed by atoms with Crippen LogP contribution in [0.25, 0.3) is 0 Å².